The molecule has 1 fully saturated rings. The number of carbonyl (C=O) groups is 2. The van der Waals surface area contributed by atoms with Crippen LogP contribution in [-0.2, 0) is 11.2 Å². The molecule has 3 N–H and O–H groups in total. The van der Waals surface area contributed by atoms with Crippen molar-refractivity contribution in [2.75, 3.05) is 6.54 Å². The minimum absolute atomic E-state index is 0.304. The van der Waals surface area contributed by atoms with E-state index in [4.69, 9.17) is 4.42 Å². The second-order valence-electron chi connectivity index (χ2n) is 5.80. The van der Waals surface area contributed by atoms with Crippen LogP contribution in [0.1, 0.15) is 38.4 Å². The van der Waals surface area contributed by atoms with Crippen LogP contribution < -0.4 is 10.6 Å². The highest BCUT2D eigenvalue weighted by molar-refractivity contribution is 5.86. The Hall–Kier alpha value is -1.98. The summed E-state index contributed by atoms with van der Waals surface area (Å²) in [6.07, 6.45) is 4.96. The van der Waals surface area contributed by atoms with Gasteiger partial charge in [0.25, 0.3) is 0 Å². The number of amides is 2. The molecular weight excluding hydrogens is 272 g/mol. The lowest BCUT2D eigenvalue weighted by molar-refractivity contribution is -0.146. The van der Waals surface area contributed by atoms with Crippen LogP contribution in [0.25, 0.3) is 0 Å². The number of carboxylic acids is 1. The van der Waals surface area contributed by atoms with E-state index in [2.05, 4.69) is 10.6 Å². The van der Waals surface area contributed by atoms with Gasteiger partial charge in [0.15, 0.2) is 0 Å². The third-order valence-electron chi connectivity index (χ3n) is 4.00. The summed E-state index contributed by atoms with van der Waals surface area (Å²) in [7, 11) is 0. The zero-order valence-electron chi connectivity index (χ0n) is 12.2. The molecule has 0 radical (unpaired) electrons. The lowest BCUT2D eigenvalue weighted by Crippen LogP contribution is -2.59. The molecule has 1 saturated carbocycles. The second kappa shape index (κ2) is 6.65. The molecule has 1 aliphatic rings. The van der Waals surface area contributed by atoms with Crippen LogP contribution in [-0.4, -0.2) is 29.2 Å². The standard InChI is InChI=1S/C15H22N2O4/c1-11-4-2-7-15(10-11,13(18)19)17-14(20)16-8-6-12-5-3-9-21-12/h3,5,9,11H,2,4,6-8,10H2,1H3,(H,18,19)(H2,16,17,20). The zero-order valence-corrected chi connectivity index (χ0v) is 12.2. The van der Waals surface area contributed by atoms with Crippen molar-refractivity contribution in [2.45, 2.75) is 44.6 Å². The first-order valence-electron chi connectivity index (χ1n) is 7.34. The van der Waals surface area contributed by atoms with Gasteiger partial charge in [-0.25, -0.2) is 9.59 Å². The van der Waals surface area contributed by atoms with Crippen LogP contribution in [0.4, 0.5) is 4.79 Å². The zero-order chi connectivity index (χ0) is 15.3. The predicted octanol–water partition coefficient (Wildman–Crippen LogP) is 2.15. The van der Waals surface area contributed by atoms with Crippen molar-refractivity contribution in [2.24, 2.45) is 5.92 Å². The van der Waals surface area contributed by atoms with Gasteiger partial charge in [-0.1, -0.05) is 19.8 Å². The molecule has 2 unspecified atom stereocenters. The van der Waals surface area contributed by atoms with Crippen molar-refractivity contribution in [3.05, 3.63) is 24.2 Å². The topological polar surface area (TPSA) is 91.6 Å². The molecule has 0 aromatic carbocycles. The molecule has 1 heterocycles. The van der Waals surface area contributed by atoms with E-state index >= 15 is 0 Å². The molecule has 116 valence electrons. The minimum Gasteiger partial charge on any atom is -0.480 e. The number of furan rings is 1. The highest BCUT2D eigenvalue weighted by Gasteiger charge is 2.43. The van der Waals surface area contributed by atoms with Gasteiger partial charge in [0.1, 0.15) is 11.3 Å². The average Bonchev–Trinajstić information content (AvgIpc) is 2.91. The summed E-state index contributed by atoms with van der Waals surface area (Å²) in [6, 6.07) is 3.19. The Labute approximate surface area is 123 Å². The number of urea groups is 1. The molecule has 2 atom stereocenters. The number of nitrogens with one attached hydrogen (secondary N) is 2. The fourth-order valence-electron chi connectivity index (χ4n) is 2.93. The first-order valence-corrected chi connectivity index (χ1v) is 7.34. The van der Waals surface area contributed by atoms with E-state index in [1.54, 1.807) is 12.3 Å². The predicted molar refractivity (Wildman–Crippen MR) is 76.9 cm³/mol. The maximum Gasteiger partial charge on any atom is 0.329 e. The van der Waals surface area contributed by atoms with Gasteiger partial charge >= 0.3 is 12.0 Å². The van der Waals surface area contributed by atoms with E-state index in [-0.39, 0.29) is 0 Å². The van der Waals surface area contributed by atoms with E-state index in [1.165, 1.54) is 0 Å². The summed E-state index contributed by atoms with van der Waals surface area (Å²) in [4.78, 5) is 23.5. The van der Waals surface area contributed by atoms with Crippen molar-refractivity contribution in [3.8, 4) is 0 Å². The molecule has 0 saturated heterocycles. The van der Waals surface area contributed by atoms with E-state index in [0.717, 1.165) is 18.6 Å². The largest absolute Gasteiger partial charge is 0.480 e. The summed E-state index contributed by atoms with van der Waals surface area (Å²) in [5.74, 6) is 0.142. The number of hydrogen-bond donors (Lipinski definition) is 3. The van der Waals surface area contributed by atoms with Crippen LogP contribution in [0.3, 0.4) is 0 Å². The fraction of sp³-hybridized carbons (Fsp3) is 0.600. The van der Waals surface area contributed by atoms with Crippen molar-refractivity contribution >= 4 is 12.0 Å². The smallest absolute Gasteiger partial charge is 0.329 e. The SMILES string of the molecule is CC1CCCC(NC(=O)NCCc2ccco2)(C(=O)O)C1. The number of carboxylic acid groups (broad SMARTS) is 1. The summed E-state index contributed by atoms with van der Waals surface area (Å²) in [6.45, 7) is 2.43. The Balaban J connectivity index is 1.85. The Bertz CT molecular complexity index is 486. The first kappa shape index (κ1) is 15.4. The van der Waals surface area contributed by atoms with E-state index in [9.17, 15) is 14.7 Å². The Kier molecular flexibility index (Phi) is 4.88. The molecule has 2 amide bonds. The van der Waals surface area contributed by atoms with Gasteiger partial charge in [-0.2, -0.15) is 0 Å². The van der Waals surface area contributed by atoms with Crippen molar-refractivity contribution in [1.29, 1.82) is 0 Å². The van der Waals surface area contributed by atoms with Gasteiger partial charge in [-0.3, -0.25) is 0 Å². The molecule has 1 aromatic rings. The van der Waals surface area contributed by atoms with Gasteiger partial charge in [0, 0.05) is 13.0 Å². The van der Waals surface area contributed by atoms with Crippen LogP contribution in [0.5, 0.6) is 0 Å². The van der Waals surface area contributed by atoms with Gasteiger partial charge in [0.05, 0.1) is 6.26 Å². The highest BCUT2D eigenvalue weighted by Crippen LogP contribution is 2.32. The van der Waals surface area contributed by atoms with E-state index in [1.807, 2.05) is 13.0 Å². The normalized spacial score (nSPS) is 25.3. The average molecular weight is 294 g/mol. The summed E-state index contributed by atoms with van der Waals surface area (Å²) >= 11 is 0. The molecule has 21 heavy (non-hydrogen) atoms. The fourth-order valence-corrected chi connectivity index (χ4v) is 2.93. The maximum absolute atomic E-state index is 11.9. The van der Waals surface area contributed by atoms with Crippen molar-refractivity contribution in [1.82, 2.24) is 10.6 Å². The molecule has 6 nitrogen and oxygen atoms in total. The Morgan fingerprint density at radius 3 is 2.95 bits per heavy atom. The van der Waals surface area contributed by atoms with E-state index < -0.39 is 17.5 Å². The lowest BCUT2D eigenvalue weighted by Gasteiger charge is -2.36. The third-order valence-corrected chi connectivity index (χ3v) is 4.00. The molecule has 1 aliphatic carbocycles. The molecular formula is C15H22N2O4. The molecule has 0 aliphatic heterocycles. The molecule has 1 aromatic heterocycles. The minimum atomic E-state index is -1.13. The Morgan fingerprint density at radius 2 is 2.33 bits per heavy atom. The summed E-state index contributed by atoms with van der Waals surface area (Å²) in [5.41, 5.74) is -1.13. The van der Waals surface area contributed by atoms with Gasteiger partial charge in [-0.05, 0) is 30.9 Å². The Morgan fingerprint density at radius 1 is 1.52 bits per heavy atom. The number of carbonyl (C=O) groups excluding carboxylic acids is 1. The summed E-state index contributed by atoms with van der Waals surface area (Å²) < 4.78 is 5.17. The molecule has 0 spiro atoms. The van der Waals surface area contributed by atoms with Crippen molar-refractivity contribution < 1.29 is 19.1 Å². The third kappa shape index (κ3) is 4.00. The molecule has 0 bridgehead atoms. The van der Waals surface area contributed by atoms with Crippen LogP contribution >= 0.6 is 0 Å². The van der Waals surface area contributed by atoms with Gasteiger partial charge in [-0.15, -0.1) is 0 Å². The first-order chi connectivity index (χ1) is 10.0. The molecule has 6 heteroatoms. The van der Waals surface area contributed by atoms with Crippen LogP contribution in [0, 0.1) is 5.92 Å². The highest BCUT2D eigenvalue weighted by atomic mass is 16.4. The quantitative estimate of drug-likeness (QED) is 0.776. The second-order valence-corrected chi connectivity index (χ2v) is 5.80. The van der Waals surface area contributed by atoms with Crippen molar-refractivity contribution in [3.63, 3.8) is 0 Å². The van der Waals surface area contributed by atoms with E-state index in [0.29, 0.717) is 31.7 Å². The maximum atomic E-state index is 11.9. The monoisotopic (exact) mass is 294 g/mol. The number of hydrogen-bond acceptors (Lipinski definition) is 3. The van der Waals surface area contributed by atoms with Crippen LogP contribution in [0.2, 0.25) is 0 Å². The van der Waals surface area contributed by atoms with Crippen LogP contribution in [0.15, 0.2) is 22.8 Å². The van der Waals surface area contributed by atoms with Gasteiger partial charge < -0.3 is 20.2 Å². The van der Waals surface area contributed by atoms with Gasteiger partial charge in [0.2, 0.25) is 0 Å². The summed E-state index contributed by atoms with van der Waals surface area (Å²) in [5, 5.41) is 14.8. The number of rotatable bonds is 5. The number of aliphatic carboxylic acids is 1. The molecule has 2 rings (SSSR count). The lowest BCUT2D eigenvalue weighted by atomic mass is 9.76.